The van der Waals surface area contributed by atoms with Crippen molar-refractivity contribution in [3.63, 3.8) is 0 Å². The van der Waals surface area contributed by atoms with Crippen LogP contribution in [0.15, 0.2) is 11.6 Å². The second kappa shape index (κ2) is 1.64. The first-order valence-corrected chi connectivity index (χ1v) is 3.26. The van der Waals surface area contributed by atoms with Gasteiger partial charge in [-0.3, -0.25) is 4.79 Å². The fourth-order valence-electron chi connectivity index (χ4n) is 1.27. The van der Waals surface area contributed by atoms with Gasteiger partial charge in [-0.05, 0) is 0 Å². The average molecular weight is 154 g/mol. The lowest BCUT2D eigenvalue weighted by Crippen LogP contribution is -2.27. The Hall–Kier alpha value is -1.32. The number of hydrogen-bond acceptors (Lipinski definition) is 4. The summed E-state index contributed by atoms with van der Waals surface area (Å²) in [6.07, 6.45) is 1.48. The standard InChI is InChI=1S/C7H6O4/c1-7-4(2-5(8)10-7)3-6(9)11-7/h2H,3H2,1H3. The molecular formula is C7H6O4. The van der Waals surface area contributed by atoms with Crippen molar-refractivity contribution in [2.24, 2.45) is 0 Å². The minimum absolute atomic E-state index is 0.169. The molecule has 2 aliphatic rings. The summed E-state index contributed by atoms with van der Waals surface area (Å²) in [5.74, 6) is -1.87. The summed E-state index contributed by atoms with van der Waals surface area (Å²) in [6, 6.07) is 0. The molecule has 2 heterocycles. The van der Waals surface area contributed by atoms with Crippen LogP contribution < -0.4 is 0 Å². The molecule has 11 heavy (non-hydrogen) atoms. The van der Waals surface area contributed by atoms with E-state index in [1.165, 1.54) is 6.08 Å². The SMILES string of the molecule is CC12OC(=O)C=C1CC(=O)O2. The maximum absolute atomic E-state index is 10.7. The van der Waals surface area contributed by atoms with Gasteiger partial charge in [0, 0.05) is 18.6 Å². The molecule has 0 aromatic rings. The van der Waals surface area contributed by atoms with Crippen molar-refractivity contribution in [1.29, 1.82) is 0 Å². The van der Waals surface area contributed by atoms with E-state index < -0.39 is 11.8 Å². The van der Waals surface area contributed by atoms with E-state index in [9.17, 15) is 9.59 Å². The summed E-state index contributed by atoms with van der Waals surface area (Å²) < 4.78 is 9.56. The van der Waals surface area contributed by atoms with Crippen molar-refractivity contribution >= 4 is 11.9 Å². The van der Waals surface area contributed by atoms with Crippen molar-refractivity contribution < 1.29 is 19.1 Å². The molecule has 0 N–H and O–H groups in total. The lowest BCUT2D eigenvalue weighted by molar-refractivity contribution is -0.190. The molecule has 0 radical (unpaired) electrons. The quantitative estimate of drug-likeness (QED) is 0.465. The van der Waals surface area contributed by atoms with Gasteiger partial charge in [0.1, 0.15) is 0 Å². The van der Waals surface area contributed by atoms with Crippen LogP contribution in [0.5, 0.6) is 0 Å². The molecule has 1 fully saturated rings. The maximum atomic E-state index is 10.7. The summed E-state index contributed by atoms with van der Waals surface area (Å²) in [5, 5.41) is 0. The molecule has 1 unspecified atom stereocenters. The van der Waals surface area contributed by atoms with Gasteiger partial charge < -0.3 is 9.47 Å². The summed E-state index contributed by atoms with van der Waals surface area (Å²) >= 11 is 0. The predicted molar refractivity (Wildman–Crippen MR) is 33.3 cm³/mol. The fourth-order valence-corrected chi connectivity index (χ4v) is 1.27. The van der Waals surface area contributed by atoms with Gasteiger partial charge in [0.2, 0.25) is 0 Å². The van der Waals surface area contributed by atoms with E-state index in [1.54, 1.807) is 6.92 Å². The zero-order valence-electron chi connectivity index (χ0n) is 5.92. The van der Waals surface area contributed by atoms with Gasteiger partial charge in [-0.25, -0.2) is 4.79 Å². The molecule has 0 spiro atoms. The number of carbonyl (C=O) groups excluding carboxylic acids is 2. The number of esters is 2. The van der Waals surface area contributed by atoms with E-state index in [0.717, 1.165) is 0 Å². The summed E-state index contributed by atoms with van der Waals surface area (Å²) in [6.45, 7) is 1.56. The topological polar surface area (TPSA) is 52.6 Å². The third-order valence-corrected chi connectivity index (χ3v) is 1.81. The lowest BCUT2D eigenvalue weighted by Gasteiger charge is -2.17. The van der Waals surface area contributed by atoms with Crippen LogP contribution in [0, 0.1) is 0 Å². The largest absolute Gasteiger partial charge is 0.418 e. The molecule has 2 rings (SSSR count). The van der Waals surface area contributed by atoms with Crippen molar-refractivity contribution in [2.75, 3.05) is 0 Å². The predicted octanol–water partition coefficient (Wildman–Crippen LogP) is 0.133. The highest BCUT2D eigenvalue weighted by atomic mass is 16.7. The monoisotopic (exact) mass is 154 g/mol. The number of carbonyl (C=O) groups is 2. The second-order valence-electron chi connectivity index (χ2n) is 2.69. The third-order valence-electron chi connectivity index (χ3n) is 1.81. The molecule has 0 aromatic heterocycles. The molecule has 58 valence electrons. The summed E-state index contributed by atoms with van der Waals surface area (Å²) in [5.41, 5.74) is 0.618. The zero-order valence-corrected chi connectivity index (χ0v) is 5.92. The Morgan fingerprint density at radius 3 is 2.82 bits per heavy atom. The van der Waals surface area contributed by atoms with Crippen LogP contribution in [-0.2, 0) is 19.1 Å². The van der Waals surface area contributed by atoms with E-state index in [1.807, 2.05) is 0 Å². The number of hydrogen-bond donors (Lipinski definition) is 0. The van der Waals surface area contributed by atoms with Gasteiger partial charge in [0.05, 0.1) is 6.42 Å². The van der Waals surface area contributed by atoms with Crippen LogP contribution in [0.25, 0.3) is 0 Å². The minimum atomic E-state index is -1.09. The van der Waals surface area contributed by atoms with Crippen LogP contribution >= 0.6 is 0 Å². The smallest absolute Gasteiger partial charge is 0.334 e. The van der Waals surface area contributed by atoms with Gasteiger partial charge in [0.25, 0.3) is 5.79 Å². The van der Waals surface area contributed by atoms with Gasteiger partial charge in [-0.15, -0.1) is 0 Å². The molecule has 0 aromatic carbocycles. The van der Waals surface area contributed by atoms with Gasteiger partial charge in [-0.1, -0.05) is 0 Å². The molecule has 0 amide bonds. The Kier molecular flexibility index (Phi) is 0.952. The molecule has 0 saturated carbocycles. The van der Waals surface area contributed by atoms with Crippen molar-refractivity contribution in [3.8, 4) is 0 Å². The fraction of sp³-hybridized carbons (Fsp3) is 0.429. The van der Waals surface area contributed by atoms with Gasteiger partial charge in [-0.2, -0.15) is 0 Å². The average Bonchev–Trinajstić information content (AvgIpc) is 2.16. The number of rotatable bonds is 0. The van der Waals surface area contributed by atoms with E-state index in [0.29, 0.717) is 5.57 Å². The van der Waals surface area contributed by atoms with E-state index in [4.69, 9.17) is 9.47 Å². The lowest BCUT2D eigenvalue weighted by atomic mass is 10.1. The highest BCUT2D eigenvalue weighted by molar-refractivity contribution is 5.91. The molecule has 1 saturated heterocycles. The summed E-state index contributed by atoms with van der Waals surface area (Å²) in [4.78, 5) is 21.4. The van der Waals surface area contributed by atoms with Crippen molar-refractivity contribution in [3.05, 3.63) is 11.6 Å². The maximum Gasteiger partial charge on any atom is 0.334 e. The molecule has 4 nitrogen and oxygen atoms in total. The second-order valence-corrected chi connectivity index (χ2v) is 2.69. The number of fused-ring (bicyclic) bond motifs is 1. The zero-order chi connectivity index (χ0) is 8.06. The molecule has 0 bridgehead atoms. The molecular weight excluding hydrogens is 148 g/mol. The first kappa shape index (κ1) is 6.39. The Balaban J connectivity index is 2.40. The third kappa shape index (κ3) is 0.753. The Morgan fingerprint density at radius 2 is 2.18 bits per heavy atom. The number of ether oxygens (including phenoxy) is 2. The molecule has 0 aliphatic carbocycles. The van der Waals surface area contributed by atoms with Crippen LogP contribution in [0.2, 0.25) is 0 Å². The van der Waals surface area contributed by atoms with Crippen molar-refractivity contribution in [2.45, 2.75) is 19.1 Å². The van der Waals surface area contributed by atoms with Crippen LogP contribution in [0.4, 0.5) is 0 Å². The van der Waals surface area contributed by atoms with Gasteiger partial charge in [0.15, 0.2) is 0 Å². The Morgan fingerprint density at radius 1 is 1.45 bits per heavy atom. The normalized spacial score (nSPS) is 34.5. The molecule has 2 aliphatic heterocycles. The Labute approximate surface area is 62.8 Å². The van der Waals surface area contributed by atoms with Crippen LogP contribution in [0.1, 0.15) is 13.3 Å². The van der Waals surface area contributed by atoms with Crippen LogP contribution in [-0.4, -0.2) is 17.7 Å². The van der Waals surface area contributed by atoms with Crippen LogP contribution in [0.3, 0.4) is 0 Å². The molecule has 1 atom stereocenters. The van der Waals surface area contributed by atoms with Gasteiger partial charge >= 0.3 is 11.9 Å². The van der Waals surface area contributed by atoms with E-state index >= 15 is 0 Å². The Bertz CT molecular complexity index is 278. The van der Waals surface area contributed by atoms with E-state index in [2.05, 4.69) is 0 Å². The van der Waals surface area contributed by atoms with Crippen molar-refractivity contribution in [1.82, 2.24) is 0 Å². The van der Waals surface area contributed by atoms with E-state index in [-0.39, 0.29) is 12.4 Å². The molecule has 4 heteroatoms. The minimum Gasteiger partial charge on any atom is -0.418 e. The highest BCUT2D eigenvalue weighted by Gasteiger charge is 2.48. The first-order valence-electron chi connectivity index (χ1n) is 3.26. The summed E-state index contributed by atoms with van der Waals surface area (Å²) in [7, 11) is 0. The first-order chi connectivity index (χ1) is 5.10. The highest BCUT2D eigenvalue weighted by Crippen LogP contribution is 2.37.